The summed E-state index contributed by atoms with van der Waals surface area (Å²) in [5.41, 5.74) is 0.748. The molecule has 0 saturated carbocycles. The van der Waals surface area contributed by atoms with Gasteiger partial charge in [0, 0.05) is 21.7 Å². The van der Waals surface area contributed by atoms with Gasteiger partial charge in [-0.3, -0.25) is 9.89 Å². The molecule has 2 aliphatic rings. The second kappa shape index (κ2) is 9.85. The Kier molecular flexibility index (Phi) is 7.06. The third kappa shape index (κ3) is 5.01. The average Bonchev–Trinajstić information content (AvgIpc) is 3.17. The van der Waals surface area contributed by atoms with Crippen LogP contribution >= 0.6 is 11.6 Å². The first kappa shape index (κ1) is 24.4. The van der Waals surface area contributed by atoms with E-state index in [2.05, 4.69) is 28.2 Å². The Balaban J connectivity index is 1.50. The number of anilines is 1. The van der Waals surface area contributed by atoms with E-state index < -0.39 is 11.7 Å². The lowest BCUT2D eigenvalue weighted by molar-refractivity contribution is -0.137. The second-order valence-corrected chi connectivity index (χ2v) is 9.17. The van der Waals surface area contributed by atoms with Crippen molar-refractivity contribution in [2.24, 2.45) is 4.99 Å². The van der Waals surface area contributed by atoms with Crippen LogP contribution < -0.4 is 10.1 Å². The van der Waals surface area contributed by atoms with E-state index in [1.165, 1.54) is 0 Å². The molecule has 2 aromatic rings. The molecule has 1 spiro atoms. The Hall–Kier alpha value is -2.76. The lowest BCUT2D eigenvalue weighted by Crippen LogP contribution is -2.51. The molecule has 2 aromatic carbocycles. The number of nitriles is 1. The monoisotopic (exact) mass is 490 g/mol. The van der Waals surface area contributed by atoms with Crippen LogP contribution in [0.2, 0.25) is 5.02 Å². The predicted octanol–water partition coefficient (Wildman–Crippen LogP) is 5.90. The van der Waals surface area contributed by atoms with Crippen LogP contribution in [0.3, 0.4) is 0 Å². The Morgan fingerprint density at radius 2 is 1.94 bits per heavy atom. The molecule has 34 heavy (non-hydrogen) atoms. The highest BCUT2D eigenvalue weighted by Crippen LogP contribution is 2.47. The van der Waals surface area contributed by atoms with Gasteiger partial charge in [-0.2, -0.15) is 18.4 Å². The zero-order valence-electron chi connectivity index (χ0n) is 18.8. The van der Waals surface area contributed by atoms with Crippen molar-refractivity contribution in [3.05, 3.63) is 58.6 Å². The predicted molar refractivity (Wildman–Crippen MR) is 126 cm³/mol. The highest BCUT2D eigenvalue weighted by atomic mass is 35.5. The molecule has 180 valence electrons. The van der Waals surface area contributed by atoms with E-state index in [-0.39, 0.29) is 18.0 Å². The quantitative estimate of drug-likeness (QED) is 0.322. The zero-order valence-corrected chi connectivity index (χ0v) is 19.6. The van der Waals surface area contributed by atoms with Crippen molar-refractivity contribution < 1.29 is 17.9 Å². The summed E-state index contributed by atoms with van der Waals surface area (Å²) in [6, 6.07) is 13.2. The van der Waals surface area contributed by atoms with Gasteiger partial charge < -0.3 is 10.1 Å². The maximum absolute atomic E-state index is 13.1. The number of amidine groups is 1. The highest BCUT2D eigenvalue weighted by molar-refractivity contribution is 6.30. The van der Waals surface area contributed by atoms with Crippen LogP contribution in [0, 0.1) is 11.3 Å². The minimum Gasteiger partial charge on any atom is -0.492 e. The second-order valence-electron chi connectivity index (χ2n) is 8.73. The summed E-state index contributed by atoms with van der Waals surface area (Å²) in [4.78, 5) is 6.83. The van der Waals surface area contributed by atoms with Crippen molar-refractivity contribution in [3.63, 3.8) is 0 Å². The lowest BCUT2D eigenvalue weighted by Gasteiger charge is -2.42. The number of hydrogen-bond acceptors (Lipinski definition) is 4. The molecule has 0 aliphatic carbocycles. The fraction of sp³-hybridized carbons (Fsp3) is 0.440. The van der Waals surface area contributed by atoms with Crippen molar-refractivity contribution in [3.8, 4) is 11.8 Å². The van der Waals surface area contributed by atoms with Crippen LogP contribution in [0.5, 0.6) is 5.75 Å². The van der Waals surface area contributed by atoms with Crippen molar-refractivity contribution >= 4 is 23.1 Å². The first-order valence-electron chi connectivity index (χ1n) is 11.3. The molecular weight excluding hydrogens is 465 g/mol. The van der Waals surface area contributed by atoms with Gasteiger partial charge in [-0.05, 0) is 68.8 Å². The number of nitrogens with one attached hydrogen (secondary N) is 1. The molecule has 5 nitrogen and oxygen atoms in total. The summed E-state index contributed by atoms with van der Waals surface area (Å²) in [6.07, 6.45) is -2.05. The highest BCUT2D eigenvalue weighted by Gasteiger charge is 2.45. The summed E-state index contributed by atoms with van der Waals surface area (Å²) in [5.74, 6) is 1.07. The number of aliphatic imine (C=N–C) groups is 1. The van der Waals surface area contributed by atoms with Gasteiger partial charge in [0.1, 0.15) is 18.1 Å². The molecule has 1 N–H and O–H groups in total. The topological polar surface area (TPSA) is 60.7 Å². The van der Waals surface area contributed by atoms with Gasteiger partial charge in [-0.15, -0.1) is 0 Å². The summed E-state index contributed by atoms with van der Waals surface area (Å²) < 4.78 is 45.0. The van der Waals surface area contributed by atoms with E-state index in [4.69, 9.17) is 21.6 Å². The Labute approximate surface area is 202 Å². The molecule has 0 bridgehead atoms. The van der Waals surface area contributed by atoms with E-state index in [9.17, 15) is 13.2 Å². The Morgan fingerprint density at radius 3 is 2.56 bits per heavy atom. The molecule has 1 atom stereocenters. The Bertz CT molecular complexity index is 1090. The van der Waals surface area contributed by atoms with E-state index in [1.54, 1.807) is 18.2 Å². The normalized spacial score (nSPS) is 18.8. The molecule has 1 saturated heterocycles. The van der Waals surface area contributed by atoms with Crippen molar-refractivity contribution in [1.29, 1.82) is 5.26 Å². The number of hydrogen-bond donors (Lipinski definition) is 1. The van der Waals surface area contributed by atoms with Gasteiger partial charge >= 0.3 is 6.18 Å². The standard InChI is InChI=1S/C25H26ClF3N4O/c1-2-21(23(31-12-11-30)32-19-6-4-18(26)5-7-19)33-13-9-24(10-14-33)16-34-22-15-17(25(27,28)29)3-8-20(22)24/h3-8,15,21H,2,9-10,12-14,16H2,1H3,(H,31,32). The van der Waals surface area contributed by atoms with Crippen LogP contribution in [-0.4, -0.2) is 43.0 Å². The third-order valence-corrected chi connectivity index (χ3v) is 6.97. The molecule has 0 radical (unpaired) electrons. The van der Waals surface area contributed by atoms with Crippen LogP contribution in [-0.2, 0) is 11.6 Å². The number of ether oxygens (including phenoxy) is 1. The number of nitrogens with zero attached hydrogens (tertiary/aromatic N) is 3. The third-order valence-electron chi connectivity index (χ3n) is 6.72. The number of likely N-dealkylation sites (tertiary alicyclic amines) is 1. The molecule has 0 amide bonds. The number of alkyl halides is 3. The van der Waals surface area contributed by atoms with Crippen molar-refractivity contribution in [2.45, 2.75) is 43.8 Å². The number of rotatable bonds is 5. The average molecular weight is 491 g/mol. The number of halogens is 4. The lowest BCUT2D eigenvalue weighted by atomic mass is 9.74. The summed E-state index contributed by atoms with van der Waals surface area (Å²) in [6.45, 7) is 4.01. The van der Waals surface area contributed by atoms with Crippen LogP contribution in [0.4, 0.5) is 18.9 Å². The Morgan fingerprint density at radius 1 is 1.24 bits per heavy atom. The van der Waals surface area contributed by atoms with E-state index in [0.29, 0.717) is 17.4 Å². The number of fused-ring (bicyclic) bond motifs is 2. The van der Waals surface area contributed by atoms with Crippen LogP contribution in [0.1, 0.15) is 37.3 Å². The first-order chi connectivity index (χ1) is 16.3. The largest absolute Gasteiger partial charge is 0.492 e. The van der Waals surface area contributed by atoms with Gasteiger partial charge in [-0.25, -0.2) is 0 Å². The summed E-state index contributed by atoms with van der Waals surface area (Å²) >= 11 is 5.99. The minimum absolute atomic E-state index is 0.0178. The van der Waals surface area contributed by atoms with Crippen LogP contribution in [0.25, 0.3) is 0 Å². The van der Waals surface area contributed by atoms with Gasteiger partial charge in [0.25, 0.3) is 0 Å². The molecule has 4 rings (SSSR count). The molecule has 2 aliphatic heterocycles. The molecule has 0 aromatic heterocycles. The van der Waals surface area contributed by atoms with E-state index in [1.807, 2.05) is 12.1 Å². The fourth-order valence-corrected chi connectivity index (χ4v) is 5.01. The maximum Gasteiger partial charge on any atom is 0.416 e. The molecule has 2 heterocycles. The molecule has 9 heteroatoms. The maximum atomic E-state index is 13.1. The number of piperidine rings is 1. The molecule has 1 fully saturated rings. The van der Waals surface area contributed by atoms with Crippen LogP contribution in [0.15, 0.2) is 47.5 Å². The van der Waals surface area contributed by atoms with Crippen molar-refractivity contribution in [2.75, 3.05) is 31.6 Å². The molecule has 1 unspecified atom stereocenters. The zero-order chi connectivity index (χ0) is 24.3. The van der Waals surface area contributed by atoms with E-state index in [0.717, 1.165) is 61.6 Å². The fourth-order valence-electron chi connectivity index (χ4n) is 4.88. The van der Waals surface area contributed by atoms with Crippen molar-refractivity contribution in [1.82, 2.24) is 4.90 Å². The van der Waals surface area contributed by atoms with E-state index >= 15 is 0 Å². The van der Waals surface area contributed by atoms with Gasteiger partial charge in [0.2, 0.25) is 0 Å². The van der Waals surface area contributed by atoms with Gasteiger partial charge in [-0.1, -0.05) is 24.6 Å². The van der Waals surface area contributed by atoms with Gasteiger partial charge in [0.15, 0.2) is 0 Å². The minimum atomic E-state index is -4.39. The summed E-state index contributed by atoms with van der Waals surface area (Å²) in [7, 11) is 0. The summed E-state index contributed by atoms with van der Waals surface area (Å²) in [5, 5.41) is 13.1. The smallest absolute Gasteiger partial charge is 0.416 e. The van der Waals surface area contributed by atoms with Gasteiger partial charge in [0.05, 0.1) is 24.3 Å². The SMILES string of the molecule is CCC(C(=NCC#N)Nc1ccc(Cl)cc1)N1CCC2(CC1)COc1cc(C(F)(F)F)ccc12. The number of benzene rings is 2. The molecular formula is C25H26ClF3N4O. The first-order valence-corrected chi connectivity index (χ1v) is 11.7.